The third-order valence-corrected chi connectivity index (χ3v) is 7.41. The normalized spacial score (nSPS) is 21.1. The molecule has 8 nitrogen and oxygen atoms in total. The van der Waals surface area contributed by atoms with Gasteiger partial charge in [0, 0.05) is 24.7 Å². The van der Waals surface area contributed by atoms with E-state index in [2.05, 4.69) is 0 Å². The van der Waals surface area contributed by atoms with Crippen molar-refractivity contribution in [2.75, 3.05) is 44.4 Å². The first kappa shape index (κ1) is 20.5. The molecule has 2 saturated heterocycles. The molecule has 0 bridgehead atoms. The van der Waals surface area contributed by atoms with E-state index >= 15 is 0 Å². The van der Waals surface area contributed by atoms with E-state index < -0.39 is 33.4 Å². The van der Waals surface area contributed by atoms with Crippen LogP contribution < -0.4 is 4.90 Å². The lowest BCUT2D eigenvalue weighted by Gasteiger charge is -2.26. The van der Waals surface area contributed by atoms with Gasteiger partial charge >= 0.3 is 0 Å². The molecule has 1 amide bonds. The number of nitrogens with zero attached hydrogens (tertiary/aromatic N) is 2. The lowest BCUT2D eigenvalue weighted by molar-refractivity contribution is -0.180. The Balaban J connectivity index is 1.63. The Kier molecular flexibility index (Phi) is 4.83. The quantitative estimate of drug-likeness (QED) is 0.707. The SMILES string of the molecule is O=C1N(c2ccc(F)c(F)c2)c2ccc(S(=O)(=O)N3CCOCC3)cc2C12OCCO2. The first-order valence-corrected chi connectivity index (χ1v) is 11.1. The molecule has 3 aliphatic rings. The van der Waals surface area contributed by atoms with Crippen LogP contribution in [0.4, 0.5) is 20.2 Å². The molecule has 5 rings (SSSR count). The predicted molar refractivity (Wildman–Crippen MR) is 103 cm³/mol. The Labute approximate surface area is 177 Å². The van der Waals surface area contributed by atoms with E-state index in [-0.39, 0.29) is 48.1 Å². The fourth-order valence-electron chi connectivity index (χ4n) is 4.01. The molecule has 2 aromatic carbocycles. The third-order valence-electron chi connectivity index (χ3n) is 5.51. The Morgan fingerprint density at radius 3 is 2.29 bits per heavy atom. The number of carbonyl (C=O) groups is 1. The van der Waals surface area contributed by atoms with Crippen LogP contribution in [-0.4, -0.2) is 58.1 Å². The smallest absolute Gasteiger partial charge is 0.297 e. The monoisotopic (exact) mass is 452 g/mol. The van der Waals surface area contributed by atoms with Gasteiger partial charge in [-0.25, -0.2) is 17.2 Å². The second kappa shape index (κ2) is 7.31. The summed E-state index contributed by atoms with van der Waals surface area (Å²) in [7, 11) is -3.84. The summed E-state index contributed by atoms with van der Waals surface area (Å²) in [4.78, 5) is 14.5. The highest BCUT2D eigenvalue weighted by Gasteiger charge is 2.57. The maximum absolute atomic E-state index is 13.9. The van der Waals surface area contributed by atoms with Gasteiger partial charge in [-0.05, 0) is 30.3 Å². The van der Waals surface area contributed by atoms with Crippen LogP contribution in [0, 0.1) is 11.6 Å². The van der Waals surface area contributed by atoms with Gasteiger partial charge in [0.25, 0.3) is 11.7 Å². The molecule has 0 radical (unpaired) electrons. The van der Waals surface area contributed by atoms with E-state index in [0.29, 0.717) is 13.2 Å². The molecule has 0 aliphatic carbocycles. The summed E-state index contributed by atoms with van der Waals surface area (Å²) in [6, 6.07) is 7.23. The van der Waals surface area contributed by atoms with Crippen molar-refractivity contribution in [3.63, 3.8) is 0 Å². The molecule has 1 spiro atoms. The molecule has 0 aromatic heterocycles. The van der Waals surface area contributed by atoms with Crippen molar-refractivity contribution < 1.29 is 36.2 Å². The van der Waals surface area contributed by atoms with Crippen LogP contribution in [0.25, 0.3) is 0 Å². The van der Waals surface area contributed by atoms with Gasteiger partial charge in [0.2, 0.25) is 10.0 Å². The number of sulfonamides is 1. The fraction of sp³-hybridized carbons (Fsp3) is 0.350. The first-order chi connectivity index (χ1) is 14.8. The van der Waals surface area contributed by atoms with Crippen LogP contribution in [0.1, 0.15) is 5.56 Å². The van der Waals surface area contributed by atoms with Crippen LogP contribution >= 0.6 is 0 Å². The summed E-state index contributed by atoms with van der Waals surface area (Å²) in [6.45, 7) is 1.27. The van der Waals surface area contributed by atoms with Gasteiger partial charge in [-0.15, -0.1) is 0 Å². The van der Waals surface area contributed by atoms with E-state index in [1.165, 1.54) is 28.6 Å². The molecule has 164 valence electrons. The minimum atomic E-state index is -3.84. The van der Waals surface area contributed by atoms with Gasteiger partial charge in [-0.1, -0.05) is 0 Å². The maximum atomic E-state index is 13.9. The van der Waals surface area contributed by atoms with Gasteiger partial charge in [0.05, 0.1) is 42.7 Å². The van der Waals surface area contributed by atoms with E-state index in [0.717, 1.165) is 17.0 Å². The molecule has 3 aliphatic heterocycles. The second-order valence-corrected chi connectivity index (χ2v) is 9.19. The summed E-state index contributed by atoms with van der Waals surface area (Å²) in [5.41, 5.74) is 0.554. The number of anilines is 2. The van der Waals surface area contributed by atoms with Crippen LogP contribution in [0.3, 0.4) is 0 Å². The molecule has 2 fully saturated rings. The molecule has 0 saturated carbocycles. The number of hydrogen-bond acceptors (Lipinski definition) is 6. The van der Waals surface area contributed by atoms with E-state index in [9.17, 15) is 22.0 Å². The van der Waals surface area contributed by atoms with Gasteiger partial charge < -0.3 is 14.2 Å². The van der Waals surface area contributed by atoms with Gasteiger partial charge in [-0.2, -0.15) is 4.31 Å². The lowest BCUT2D eigenvalue weighted by atomic mass is 10.1. The van der Waals surface area contributed by atoms with Crippen molar-refractivity contribution >= 4 is 27.3 Å². The summed E-state index contributed by atoms with van der Waals surface area (Å²) >= 11 is 0. The summed E-state index contributed by atoms with van der Waals surface area (Å²) in [5.74, 6) is -4.67. The lowest BCUT2D eigenvalue weighted by Crippen LogP contribution is -2.41. The number of benzene rings is 2. The highest BCUT2D eigenvalue weighted by Crippen LogP contribution is 2.49. The number of ether oxygens (including phenoxy) is 3. The zero-order valence-electron chi connectivity index (χ0n) is 16.2. The Bertz CT molecular complexity index is 1160. The molecule has 2 aromatic rings. The zero-order valence-corrected chi connectivity index (χ0v) is 17.0. The highest BCUT2D eigenvalue weighted by atomic mass is 32.2. The first-order valence-electron chi connectivity index (χ1n) is 9.64. The molecule has 0 N–H and O–H groups in total. The predicted octanol–water partition coefficient (Wildman–Crippen LogP) is 1.86. The molecule has 0 atom stereocenters. The molecule has 11 heteroatoms. The fourth-order valence-corrected chi connectivity index (χ4v) is 5.45. The van der Waals surface area contributed by atoms with Gasteiger partial charge in [-0.3, -0.25) is 9.69 Å². The molecule has 0 unspecified atom stereocenters. The van der Waals surface area contributed by atoms with E-state index in [1.54, 1.807) is 0 Å². The van der Waals surface area contributed by atoms with Crippen molar-refractivity contribution in [3.8, 4) is 0 Å². The van der Waals surface area contributed by atoms with Crippen LogP contribution in [0.5, 0.6) is 0 Å². The molecular formula is C20H18F2N2O6S. The number of morpholine rings is 1. The van der Waals surface area contributed by atoms with Crippen LogP contribution in [-0.2, 0) is 34.8 Å². The van der Waals surface area contributed by atoms with Gasteiger partial charge in [0.15, 0.2) is 11.6 Å². The Hall–Kier alpha value is -2.44. The molecule has 3 heterocycles. The highest BCUT2D eigenvalue weighted by molar-refractivity contribution is 7.89. The van der Waals surface area contributed by atoms with Crippen molar-refractivity contribution in [2.45, 2.75) is 10.7 Å². The number of halogens is 2. The number of hydrogen-bond donors (Lipinski definition) is 0. The van der Waals surface area contributed by atoms with Crippen molar-refractivity contribution in [1.82, 2.24) is 4.31 Å². The van der Waals surface area contributed by atoms with Crippen molar-refractivity contribution in [2.24, 2.45) is 0 Å². The average Bonchev–Trinajstić information content (AvgIpc) is 3.36. The number of fused-ring (bicyclic) bond motifs is 2. The second-order valence-electron chi connectivity index (χ2n) is 7.25. The summed E-state index contributed by atoms with van der Waals surface area (Å²) in [5, 5.41) is 0. The standard InChI is InChI=1S/C20H18F2N2O6S/c21-16-3-1-13(11-17(16)22)24-18-4-2-14(31(26,27)23-5-7-28-8-6-23)12-15(18)20(19(24)25)29-9-10-30-20/h1-4,11-12H,5-10H2. The molecule has 31 heavy (non-hydrogen) atoms. The van der Waals surface area contributed by atoms with E-state index in [4.69, 9.17) is 14.2 Å². The maximum Gasteiger partial charge on any atom is 0.297 e. The minimum Gasteiger partial charge on any atom is -0.379 e. The van der Waals surface area contributed by atoms with Crippen LogP contribution in [0.2, 0.25) is 0 Å². The topological polar surface area (TPSA) is 85.4 Å². The van der Waals surface area contributed by atoms with Gasteiger partial charge in [0.1, 0.15) is 0 Å². The molecular weight excluding hydrogens is 434 g/mol. The third kappa shape index (κ3) is 3.07. The number of rotatable bonds is 3. The zero-order chi connectivity index (χ0) is 21.8. The minimum absolute atomic E-state index is 0.0217. The van der Waals surface area contributed by atoms with Crippen molar-refractivity contribution in [1.29, 1.82) is 0 Å². The van der Waals surface area contributed by atoms with Crippen LogP contribution in [0.15, 0.2) is 41.3 Å². The average molecular weight is 452 g/mol. The summed E-state index contributed by atoms with van der Waals surface area (Å²) < 4.78 is 71.3. The van der Waals surface area contributed by atoms with Crippen molar-refractivity contribution in [3.05, 3.63) is 53.6 Å². The Morgan fingerprint density at radius 1 is 0.903 bits per heavy atom. The summed E-state index contributed by atoms with van der Waals surface area (Å²) in [6.07, 6.45) is 0. The largest absolute Gasteiger partial charge is 0.379 e. The Morgan fingerprint density at radius 2 is 1.61 bits per heavy atom. The number of carbonyl (C=O) groups excluding carboxylic acids is 1. The number of amides is 1. The van der Waals surface area contributed by atoms with E-state index in [1.807, 2.05) is 0 Å².